The van der Waals surface area contributed by atoms with E-state index in [1.54, 1.807) is 18.4 Å². The first-order valence-electron chi connectivity index (χ1n) is 8.07. The van der Waals surface area contributed by atoms with E-state index < -0.39 is 0 Å². The number of carbonyl (C=O) groups excluding carboxylic acids is 1. The topological polar surface area (TPSA) is 42.4 Å². The molecule has 2 aromatic carbocycles. The number of ketones is 1. The predicted octanol–water partition coefficient (Wildman–Crippen LogP) is 4.16. The Morgan fingerprint density at radius 1 is 1.21 bits per heavy atom. The molecule has 1 fully saturated rings. The molecule has 2 heterocycles. The van der Waals surface area contributed by atoms with E-state index in [1.165, 1.54) is 0 Å². The molecule has 0 unspecified atom stereocenters. The standard InChI is InChI=1S/C19H18N2O2S/c1-23-14-10-8-13(9-11-14)18(22)16-6-4-12-21(16)19-20-15-5-2-3-7-17(15)24-19/h2-3,5,7-11,16H,4,6,12H2,1H3/t16-/m1/s1. The van der Waals surface area contributed by atoms with Crippen LogP contribution in [0.25, 0.3) is 10.2 Å². The first kappa shape index (κ1) is 15.1. The number of ether oxygens (including phenoxy) is 1. The number of fused-ring (bicyclic) bond motifs is 1. The van der Waals surface area contributed by atoms with E-state index in [2.05, 4.69) is 11.0 Å². The number of benzene rings is 2. The Hall–Kier alpha value is -2.40. The molecule has 0 amide bonds. The first-order valence-corrected chi connectivity index (χ1v) is 8.88. The van der Waals surface area contributed by atoms with Crippen LogP contribution in [0.2, 0.25) is 0 Å². The van der Waals surface area contributed by atoms with Crippen LogP contribution in [0.4, 0.5) is 5.13 Å². The number of nitrogens with zero attached hydrogens (tertiary/aromatic N) is 2. The molecule has 24 heavy (non-hydrogen) atoms. The second-order valence-electron chi connectivity index (χ2n) is 5.91. The lowest BCUT2D eigenvalue weighted by Gasteiger charge is -2.22. The van der Waals surface area contributed by atoms with Crippen molar-refractivity contribution in [3.8, 4) is 5.75 Å². The average Bonchev–Trinajstić information content (AvgIpc) is 3.27. The highest BCUT2D eigenvalue weighted by molar-refractivity contribution is 7.22. The second-order valence-corrected chi connectivity index (χ2v) is 6.92. The number of para-hydroxylation sites is 1. The maximum absolute atomic E-state index is 12.9. The fourth-order valence-corrected chi connectivity index (χ4v) is 4.24. The zero-order valence-corrected chi connectivity index (χ0v) is 14.3. The highest BCUT2D eigenvalue weighted by atomic mass is 32.1. The lowest BCUT2D eigenvalue weighted by Crippen LogP contribution is -2.36. The minimum Gasteiger partial charge on any atom is -0.497 e. The van der Waals surface area contributed by atoms with Crippen molar-refractivity contribution in [2.45, 2.75) is 18.9 Å². The monoisotopic (exact) mass is 338 g/mol. The molecule has 122 valence electrons. The third kappa shape index (κ3) is 2.65. The summed E-state index contributed by atoms with van der Waals surface area (Å²) in [7, 11) is 1.63. The molecule has 4 rings (SSSR count). The molecule has 3 aromatic rings. The summed E-state index contributed by atoms with van der Waals surface area (Å²) >= 11 is 1.66. The number of aromatic nitrogens is 1. The van der Waals surface area contributed by atoms with E-state index in [0.29, 0.717) is 0 Å². The van der Waals surface area contributed by atoms with E-state index in [-0.39, 0.29) is 11.8 Å². The highest BCUT2D eigenvalue weighted by Crippen LogP contribution is 2.34. The number of hydrogen-bond donors (Lipinski definition) is 0. The molecule has 1 aliphatic rings. The van der Waals surface area contributed by atoms with Gasteiger partial charge in [-0.2, -0.15) is 0 Å². The number of thiazole rings is 1. The lowest BCUT2D eigenvalue weighted by atomic mass is 10.0. The van der Waals surface area contributed by atoms with Gasteiger partial charge in [-0.05, 0) is 49.2 Å². The van der Waals surface area contributed by atoms with Crippen LogP contribution in [0.5, 0.6) is 5.75 Å². The zero-order valence-electron chi connectivity index (χ0n) is 13.4. The smallest absolute Gasteiger partial charge is 0.187 e. The molecule has 0 radical (unpaired) electrons. The summed E-state index contributed by atoms with van der Waals surface area (Å²) in [6, 6.07) is 15.3. The van der Waals surface area contributed by atoms with Gasteiger partial charge < -0.3 is 9.64 Å². The van der Waals surface area contributed by atoms with Gasteiger partial charge in [0.15, 0.2) is 10.9 Å². The van der Waals surface area contributed by atoms with Gasteiger partial charge >= 0.3 is 0 Å². The van der Waals surface area contributed by atoms with Crippen LogP contribution in [-0.4, -0.2) is 30.5 Å². The fourth-order valence-electron chi connectivity index (χ4n) is 3.20. The van der Waals surface area contributed by atoms with Gasteiger partial charge in [-0.25, -0.2) is 4.98 Å². The fraction of sp³-hybridized carbons (Fsp3) is 0.263. The summed E-state index contributed by atoms with van der Waals surface area (Å²) in [6.07, 6.45) is 1.89. The van der Waals surface area contributed by atoms with Crippen LogP contribution in [0, 0.1) is 0 Å². The molecule has 0 aliphatic carbocycles. The highest BCUT2D eigenvalue weighted by Gasteiger charge is 2.33. The van der Waals surface area contributed by atoms with Gasteiger partial charge in [0.25, 0.3) is 0 Å². The molecule has 0 spiro atoms. The predicted molar refractivity (Wildman–Crippen MR) is 97.3 cm³/mol. The molecule has 0 N–H and O–H groups in total. The largest absolute Gasteiger partial charge is 0.497 e. The number of hydrogen-bond acceptors (Lipinski definition) is 5. The molecule has 1 aliphatic heterocycles. The molecule has 0 bridgehead atoms. The van der Waals surface area contributed by atoms with Crippen LogP contribution >= 0.6 is 11.3 Å². The molecule has 0 saturated carbocycles. The van der Waals surface area contributed by atoms with Crippen molar-refractivity contribution in [3.63, 3.8) is 0 Å². The summed E-state index contributed by atoms with van der Waals surface area (Å²) < 4.78 is 6.33. The van der Waals surface area contributed by atoms with Crippen LogP contribution in [0.1, 0.15) is 23.2 Å². The minimum absolute atomic E-state index is 0.126. The molecule has 1 aromatic heterocycles. The zero-order chi connectivity index (χ0) is 16.5. The van der Waals surface area contributed by atoms with E-state index >= 15 is 0 Å². The Morgan fingerprint density at radius 2 is 2.00 bits per heavy atom. The molecule has 1 saturated heterocycles. The third-order valence-corrected chi connectivity index (χ3v) is 5.53. The van der Waals surface area contributed by atoms with Gasteiger partial charge in [-0.1, -0.05) is 23.5 Å². The van der Waals surface area contributed by atoms with Crippen molar-refractivity contribution in [1.82, 2.24) is 4.98 Å². The summed E-state index contributed by atoms with van der Waals surface area (Å²) in [5, 5.41) is 0.945. The van der Waals surface area contributed by atoms with Gasteiger partial charge in [0.2, 0.25) is 0 Å². The summed E-state index contributed by atoms with van der Waals surface area (Å²) in [4.78, 5) is 19.8. The van der Waals surface area contributed by atoms with Gasteiger partial charge in [0.05, 0.1) is 23.4 Å². The Kier molecular flexibility index (Phi) is 3.94. The normalized spacial score (nSPS) is 17.4. The Morgan fingerprint density at radius 3 is 2.75 bits per heavy atom. The quantitative estimate of drug-likeness (QED) is 0.670. The Labute approximate surface area is 144 Å². The van der Waals surface area contributed by atoms with Gasteiger partial charge in [-0.15, -0.1) is 0 Å². The van der Waals surface area contributed by atoms with E-state index in [4.69, 9.17) is 9.72 Å². The maximum Gasteiger partial charge on any atom is 0.187 e. The van der Waals surface area contributed by atoms with Gasteiger partial charge in [-0.3, -0.25) is 4.79 Å². The van der Waals surface area contributed by atoms with Crippen molar-refractivity contribution in [1.29, 1.82) is 0 Å². The van der Waals surface area contributed by atoms with E-state index in [0.717, 1.165) is 46.0 Å². The van der Waals surface area contributed by atoms with E-state index in [1.807, 2.05) is 42.5 Å². The van der Waals surface area contributed by atoms with Crippen molar-refractivity contribution in [3.05, 3.63) is 54.1 Å². The summed E-state index contributed by atoms with van der Waals surface area (Å²) in [5.74, 6) is 0.926. The van der Waals surface area contributed by atoms with E-state index in [9.17, 15) is 4.79 Å². The number of rotatable bonds is 4. The molecular weight excluding hydrogens is 320 g/mol. The van der Waals surface area contributed by atoms with Crippen LogP contribution in [0.3, 0.4) is 0 Å². The number of carbonyl (C=O) groups is 1. The van der Waals surface area contributed by atoms with Crippen molar-refractivity contribution in [2.75, 3.05) is 18.6 Å². The van der Waals surface area contributed by atoms with Crippen molar-refractivity contribution in [2.24, 2.45) is 0 Å². The second kappa shape index (κ2) is 6.24. The van der Waals surface area contributed by atoms with Crippen LogP contribution in [0.15, 0.2) is 48.5 Å². The molecular formula is C19H18N2O2S. The third-order valence-electron chi connectivity index (χ3n) is 4.46. The summed E-state index contributed by atoms with van der Waals surface area (Å²) in [6.45, 7) is 0.881. The SMILES string of the molecule is COc1ccc(C(=O)[C@H]2CCCN2c2nc3ccccc3s2)cc1. The lowest BCUT2D eigenvalue weighted by molar-refractivity contribution is 0.0962. The Bertz CT molecular complexity index is 839. The number of methoxy groups -OCH3 is 1. The molecule has 1 atom stereocenters. The minimum atomic E-state index is -0.126. The first-order chi connectivity index (χ1) is 11.8. The maximum atomic E-state index is 12.9. The van der Waals surface area contributed by atoms with Gasteiger partial charge in [0.1, 0.15) is 5.75 Å². The number of anilines is 1. The van der Waals surface area contributed by atoms with Crippen molar-refractivity contribution < 1.29 is 9.53 Å². The summed E-state index contributed by atoms with van der Waals surface area (Å²) in [5.41, 5.74) is 1.73. The van der Waals surface area contributed by atoms with Crippen molar-refractivity contribution >= 4 is 32.5 Å². The van der Waals surface area contributed by atoms with Crippen LogP contribution in [-0.2, 0) is 0 Å². The Balaban J connectivity index is 1.62. The average molecular weight is 338 g/mol. The molecule has 4 nitrogen and oxygen atoms in total. The molecule has 5 heteroatoms. The van der Waals surface area contributed by atoms with Crippen LogP contribution < -0.4 is 9.64 Å². The van der Waals surface area contributed by atoms with Gasteiger partial charge in [0, 0.05) is 12.1 Å². The number of Topliss-reactive ketones (excluding diaryl/α,β-unsaturated/α-hetero) is 1.